The van der Waals surface area contributed by atoms with E-state index in [0.717, 1.165) is 5.56 Å². The molecule has 0 unspecified atom stereocenters. The van der Waals surface area contributed by atoms with Gasteiger partial charge in [-0.15, -0.1) is 5.10 Å². The van der Waals surface area contributed by atoms with E-state index in [1.54, 1.807) is 43.3 Å². The maximum Gasteiger partial charge on any atom is 0.278 e. The van der Waals surface area contributed by atoms with Crippen molar-refractivity contribution in [3.8, 4) is 5.75 Å². The number of halogens is 1. The van der Waals surface area contributed by atoms with Crippen molar-refractivity contribution >= 4 is 34.8 Å². The molecule has 2 aromatic carbocycles. The summed E-state index contributed by atoms with van der Waals surface area (Å²) >= 11 is 6.09. The van der Waals surface area contributed by atoms with E-state index in [2.05, 4.69) is 20.9 Å². The van der Waals surface area contributed by atoms with Crippen LogP contribution in [0.3, 0.4) is 0 Å². The van der Waals surface area contributed by atoms with Crippen LogP contribution in [0.4, 0.5) is 11.4 Å². The minimum atomic E-state index is -0.433. The molecule has 156 valence electrons. The Morgan fingerprint density at radius 2 is 1.80 bits per heavy atom. The van der Waals surface area contributed by atoms with E-state index in [-0.39, 0.29) is 18.1 Å². The van der Waals surface area contributed by atoms with Crippen molar-refractivity contribution in [2.24, 2.45) is 0 Å². The third-order valence-electron chi connectivity index (χ3n) is 4.47. The molecule has 2 amide bonds. The number of hydrogen-bond donors (Lipinski definition) is 2. The summed E-state index contributed by atoms with van der Waals surface area (Å²) in [5, 5.41) is 14.0. The zero-order valence-corrected chi connectivity index (χ0v) is 17.7. The highest BCUT2D eigenvalue weighted by Gasteiger charge is 2.19. The number of hydrogen-bond acceptors (Lipinski definition) is 5. The minimum absolute atomic E-state index is 0.0897. The van der Waals surface area contributed by atoms with E-state index in [1.807, 2.05) is 19.9 Å². The van der Waals surface area contributed by atoms with Crippen molar-refractivity contribution in [1.29, 1.82) is 0 Å². The summed E-state index contributed by atoms with van der Waals surface area (Å²) in [6.07, 6.45) is 0. The number of amides is 2. The second-order valence-corrected chi connectivity index (χ2v) is 6.93. The van der Waals surface area contributed by atoms with Gasteiger partial charge in [-0.05, 0) is 50.6 Å². The topological polar surface area (TPSA) is 98.1 Å². The molecule has 0 bridgehead atoms. The highest BCUT2D eigenvalue weighted by molar-refractivity contribution is 6.31. The van der Waals surface area contributed by atoms with E-state index in [0.29, 0.717) is 34.4 Å². The quantitative estimate of drug-likeness (QED) is 0.597. The monoisotopic (exact) mass is 427 g/mol. The van der Waals surface area contributed by atoms with Gasteiger partial charge in [-0.25, -0.2) is 4.68 Å². The van der Waals surface area contributed by atoms with Gasteiger partial charge in [-0.2, -0.15) is 0 Å². The summed E-state index contributed by atoms with van der Waals surface area (Å²) in [6, 6.07) is 12.4. The Morgan fingerprint density at radius 3 is 2.57 bits per heavy atom. The van der Waals surface area contributed by atoms with Crippen LogP contribution in [0.15, 0.2) is 42.5 Å². The number of anilines is 2. The van der Waals surface area contributed by atoms with Crippen molar-refractivity contribution in [2.45, 2.75) is 27.3 Å². The van der Waals surface area contributed by atoms with Crippen molar-refractivity contribution in [1.82, 2.24) is 15.0 Å². The lowest BCUT2D eigenvalue weighted by Gasteiger charge is -2.11. The SMILES string of the molecule is CCOc1ccccc1NC(=O)c1nnn(CC(=O)Nc2cccc(Cl)c2C)c1C. The number of para-hydroxylation sites is 2. The van der Waals surface area contributed by atoms with E-state index < -0.39 is 5.91 Å². The number of rotatable bonds is 7. The van der Waals surface area contributed by atoms with Crippen molar-refractivity contribution in [3.63, 3.8) is 0 Å². The number of nitrogens with zero attached hydrogens (tertiary/aromatic N) is 3. The van der Waals surface area contributed by atoms with Gasteiger partial charge in [0.05, 0.1) is 18.0 Å². The molecule has 3 aromatic rings. The summed E-state index contributed by atoms with van der Waals surface area (Å²) in [6.45, 7) is 5.75. The number of benzene rings is 2. The average molecular weight is 428 g/mol. The molecular formula is C21H22ClN5O3. The number of carbonyl (C=O) groups excluding carboxylic acids is 2. The Kier molecular flexibility index (Phi) is 6.68. The van der Waals surface area contributed by atoms with Crippen LogP contribution in [0.2, 0.25) is 5.02 Å². The van der Waals surface area contributed by atoms with Gasteiger partial charge >= 0.3 is 0 Å². The fourth-order valence-corrected chi connectivity index (χ4v) is 3.00. The van der Waals surface area contributed by atoms with Crippen LogP contribution in [-0.4, -0.2) is 33.4 Å². The van der Waals surface area contributed by atoms with Crippen LogP contribution >= 0.6 is 11.6 Å². The Bertz CT molecular complexity index is 1080. The molecule has 30 heavy (non-hydrogen) atoms. The van der Waals surface area contributed by atoms with E-state index in [9.17, 15) is 9.59 Å². The molecule has 0 atom stereocenters. The molecule has 8 nitrogen and oxygen atoms in total. The van der Waals surface area contributed by atoms with Crippen LogP contribution in [0.25, 0.3) is 0 Å². The van der Waals surface area contributed by atoms with Gasteiger partial charge in [-0.3, -0.25) is 9.59 Å². The number of aromatic nitrogens is 3. The molecule has 0 spiro atoms. The first-order valence-electron chi connectivity index (χ1n) is 9.39. The van der Waals surface area contributed by atoms with Crippen molar-refractivity contribution in [3.05, 3.63) is 64.4 Å². The lowest BCUT2D eigenvalue weighted by Crippen LogP contribution is -2.21. The highest BCUT2D eigenvalue weighted by atomic mass is 35.5. The van der Waals surface area contributed by atoms with Crippen molar-refractivity contribution in [2.75, 3.05) is 17.2 Å². The summed E-state index contributed by atoms with van der Waals surface area (Å²) < 4.78 is 6.89. The molecular weight excluding hydrogens is 406 g/mol. The molecule has 0 saturated carbocycles. The van der Waals surface area contributed by atoms with Gasteiger partial charge in [-0.1, -0.05) is 35.0 Å². The fourth-order valence-electron chi connectivity index (χ4n) is 2.82. The van der Waals surface area contributed by atoms with Crippen LogP contribution in [0, 0.1) is 13.8 Å². The molecule has 0 aliphatic rings. The number of carbonyl (C=O) groups is 2. The summed E-state index contributed by atoms with van der Waals surface area (Å²) in [5.74, 6) is -0.173. The molecule has 0 fully saturated rings. The Hall–Kier alpha value is -3.39. The maximum absolute atomic E-state index is 12.7. The lowest BCUT2D eigenvalue weighted by atomic mass is 10.2. The molecule has 0 aliphatic carbocycles. The first kappa shape index (κ1) is 21.3. The second-order valence-electron chi connectivity index (χ2n) is 6.52. The molecule has 2 N–H and O–H groups in total. The van der Waals surface area contributed by atoms with Gasteiger partial charge in [0.2, 0.25) is 5.91 Å². The molecule has 0 saturated heterocycles. The molecule has 1 aromatic heterocycles. The third kappa shape index (κ3) is 4.77. The summed E-state index contributed by atoms with van der Waals surface area (Å²) in [7, 11) is 0. The smallest absolute Gasteiger partial charge is 0.278 e. The Labute approximate surface area is 179 Å². The Morgan fingerprint density at radius 1 is 1.07 bits per heavy atom. The fraction of sp³-hybridized carbons (Fsp3) is 0.238. The van der Waals surface area contributed by atoms with Gasteiger partial charge < -0.3 is 15.4 Å². The van der Waals surface area contributed by atoms with Gasteiger partial charge in [0.25, 0.3) is 5.91 Å². The van der Waals surface area contributed by atoms with Crippen LogP contribution in [0.5, 0.6) is 5.75 Å². The lowest BCUT2D eigenvalue weighted by molar-refractivity contribution is -0.117. The highest BCUT2D eigenvalue weighted by Crippen LogP contribution is 2.25. The molecule has 9 heteroatoms. The predicted octanol–water partition coefficient (Wildman–Crippen LogP) is 3.84. The largest absolute Gasteiger partial charge is 0.492 e. The Balaban J connectivity index is 1.70. The van der Waals surface area contributed by atoms with Crippen molar-refractivity contribution < 1.29 is 14.3 Å². The molecule has 0 radical (unpaired) electrons. The minimum Gasteiger partial charge on any atom is -0.492 e. The number of nitrogens with one attached hydrogen (secondary N) is 2. The van der Waals surface area contributed by atoms with Gasteiger partial charge in [0.15, 0.2) is 5.69 Å². The predicted molar refractivity (Wildman–Crippen MR) is 115 cm³/mol. The summed E-state index contributed by atoms with van der Waals surface area (Å²) in [4.78, 5) is 25.1. The standard InChI is InChI=1S/C21H22ClN5O3/c1-4-30-18-11-6-5-9-17(18)24-21(29)20-14(3)27(26-25-20)12-19(28)23-16-10-7-8-15(22)13(16)2/h5-11H,4,12H2,1-3H3,(H,23,28)(H,24,29). The first-order valence-corrected chi connectivity index (χ1v) is 9.76. The third-order valence-corrected chi connectivity index (χ3v) is 4.88. The van der Waals surface area contributed by atoms with Crippen LogP contribution in [0.1, 0.15) is 28.7 Å². The van der Waals surface area contributed by atoms with Gasteiger partial charge in [0.1, 0.15) is 12.3 Å². The second kappa shape index (κ2) is 9.41. The zero-order chi connectivity index (χ0) is 21.7. The van der Waals surface area contributed by atoms with E-state index in [4.69, 9.17) is 16.3 Å². The van der Waals surface area contributed by atoms with Gasteiger partial charge in [0, 0.05) is 10.7 Å². The number of ether oxygens (including phenoxy) is 1. The normalized spacial score (nSPS) is 10.5. The summed E-state index contributed by atoms with van der Waals surface area (Å²) in [5.41, 5.74) is 2.53. The average Bonchev–Trinajstić information content (AvgIpc) is 3.07. The zero-order valence-electron chi connectivity index (χ0n) is 16.9. The van der Waals surface area contributed by atoms with E-state index in [1.165, 1.54) is 4.68 Å². The molecule has 1 heterocycles. The maximum atomic E-state index is 12.7. The van der Waals surface area contributed by atoms with E-state index >= 15 is 0 Å². The first-order chi connectivity index (χ1) is 14.4. The molecule has 3 rings (SSSR count). The molecule has 0 aliphatic heterocycles. The van der Waals surface area contributed by atoms with Crippen LogP contribution < -0.4 is 15.4 Å². The van der Waals surface area contributed by atoms with Crippen LogP contribution in [-0.2, 0) is 11.3 Å².